The van der Waals surface area contributed by atoms with Gasteiger partial charge >= 0.3 is 0 Å². The zero-order chi connectivity index (χ0) is 21.3. The third-order valence-electron chi connectivity index (χ3n) is 5.80. The molecule has 8 heteroatoms. The molecule has 6 nitrogen and oxygen atoms in total. The highest BCUT2D eigenvalue weighted by molar-refractivity contribution is 6.26. The van der Waals surface area contributed by atoms with Gasteiger partial charge in [0, 0.05) is 34.9 Å². The molecule has 4 rings (SSSR count). The van der Waals surface area contributed by atoms with Crippen LogP contribution in [0.3, 0.4) is 0 Å². The predicted molar refractivity (Wildman–Crippen MR) is 132 cm³/mol. The summed E-state index contributed by atoms with van der Waals surface area (Å²) >= 11 is 0. The van der Waals surface area contributed by atoms with E-state index in [1.165, 1.54) is 0 Å². The summed E-state index contributed by atoms with van der Waals surface area (Å²) in [5.41, 5.74) is 13.8. The van der Waals surface area contributed by atoms with E-state index in [-0.39, 0.29) is 54.9 Å². The Morgan fingerprint density at radius 2 is 1.53 bits per heavy atom. The van der Waals surface area contributed by atoms with Gasteiger partial charge in [-0.25, -0.2) is 0 Å². The number of nitrogens with two attached hydrogens (primary N) is 2. The SMILES string of the molecule is Cl.Cl.NCCCC[C@H](N)C(=O)CCn1c2c(c3ccccc3c1=O)C(=O)c1ccccc1-2. The van der Waals surface area contributed by atoms with Crippen LogP contribution >= 0.6 is 24.8 Å². The van der Waals surface area contributed by atoms with Crippen molar-refractivity contribution in [3.05, 3.63) is 70.0 Å². The highest BCUT2D eigenvalue weighted by Crippen LogP contribution is 2.39. The molecule has 0 aliphatic heterocycles. The van der Waals surface area contributed by atoms with Crippen molar-refractivity contribution in [2.75, 3.05) is 6.54 Å². The molecular formula is C24H27Cl2N3O3. The summed E-state index contributed by atoms with van der Waals surface area (Å²) in [5.74, 6) is -0.172. The number of nitrogens with zero attached hydrogens (tertiary/aromatic N) is 1. The van der Waals surface area contributed by atoms with Crippen LogP contribution < -0.4 is 17.0 Å². The van der Waals surface area contributed by atoms with Gasteiger partial charge < -0.3 is 16.0 Å². The van der Waals surface area contributed by atoms with Gasteiger partial charge in [0.05, 0.1) is 17.3 Å². The second-order valence-corrected chi connectivity index (χ2v) is 7.71. The second-order valence-electron chi connectivity index (χ2n) is 7.71. The van der Waals surface area contributed by atoms with Crippen LogP contribution in [0.4, 0.5) is 0 Å². The van der Waals surface area contributed by atoms with Crippen molar-refractivity contribution in [1.82, 2.24) is 4.57 Å². The number of rotatable bonds is 8. The summed E-state index contributed by atoms with van der Waals surface area (Å²) in [6, 6.07) is 13.9. The highest BCUT2D eigenvalue weighted by atomic mass is 35.5. The Labute approximate surface area is 198 Å². The lowest BCUT2D eigenvalue weighted by atomic mass is 10.0. The Balaban J connectivity index is 0.00000181. The molecule has 0 fully saturated rings. The van der Waals surface area contributed by atoms with E-state index in [0.717, 1.165) is 18.4 Å². The standard InChI is InChI=1S/C24H25N3O3.2ClH/c25-13-6-5-11-19(26)20(28)12-14-27-22-16-8-2-3-9-17(16)23(29)21(22)15-7-1-4-10-18(15)24(27)30;;/h1-4,7-10,19H,5-6,11-14,25-26H2;2*1H/t19-;;/m0../s1. The number of Topliss-reactive ketones (excluding diaryl/α,β-unsaturated/α-hetero) is 1. The first kappa shape index (κ1) is 25.7. The van der Waals surface area contributed by atoms with E-state index in [1.807, 2.05) is 30.3 Å². The highest BCUT2D eigenvalue weighted by Gasteiger charge is 2.32. The van der Waals surface area contributed by atoms with Gasteiger partial charge in [0.2, 0.25) is 0 Å². The minimum atomic E-state index is -0.560. The number of carbonyl (C=O) groups excluding carboxylic acids is 2. The van der Waals surface area contributed by atoms with Gasteiger partial charge in [0.1, 0.15) is 0 Å². The van der Waals surface area contributed by atoms with Crippen molar-refractivity contribution in [2.24, 2.45) is 11.5 Å². The molecule has 1 aliphatic carbocycles. The fraction of sp³-hybridized carbons (Fsp3) is 0.292. The maximum atomic E-state index is 13.3. The number of pyridine rings is 1. The van der Waals surface area contributed by atoms with Crippen molar-refractivity contribution in [1.29, 1.82) is 0 Å². The molecule has 0 saturated heterocycles. The molecule has 0 amide bonds. The molecule has 0 saturated carbocycles. The summed E-state index contributed by atoms with van der Waals surface area (Å²) in [6.07, 6.45) is 2.36. The maximum absolute atomic E-state index is 13.3. The van der Waals surface area contributed by atoms with E-state index in [1.54, 1.807) is 22.8 Å². The topological polar surface area (TPSA) is 108 Å². The summed E-state index contributed by atoms with van der Waals surface area (Å²) in [4.78, 5) is 39.0. The average molecular weight is 476 g/mol. The molecule has 1 heterocycles. The molecule has 1 aromatic heterocycles. The van der Waals surface area contributed by atoms with Crippen LogP contribution in [0.2, 0.25) is 0 Å². The van der Waals surface area contributed by atoms with Crippen molar-refractivity contribution >= 4 is 47.2 Å². The summed E-state index contributed by atoms with van der Waals surface area (Å²) in [5, 5.41) is 1.14. The number of carbonyl (C=O) groups is 2. The number of halogens is 2. The van der Waals surface area contributed by atoms with E-state index >= 15 is 0 Å². The van der Waals surface area contributed by atoms with Crippen LogP contribution in [0.15, 0.2) is 53.3 Å². The Kier molecular flexibility index (Phi) is 8.75. The first-order valence-electron chi connectivity index (χ1n) is 10.3. The first-order chi connectivity index (χ1) is 14.5. The van der Waals surface area contributed by atoms with Crippen LogP contribution in [0.25, 0.3) is 22.0 Å². The quantitative estimate of drug-likeness (QED) is 0.379. The molecule has 0 unspecified atom stereocenters. The minimum Gasteiger partial charge on any atom is -0.330 e. The van der Waals surface area contributed by atoms with E-state index in [4.69, 9.17) is 11.5 Å². The average Bonchev–Trinajstić information content (AvgIpc) is 3.06. The molecule has 0 radical (unpaired) electrons. The fourth-order valence-electron chi connectivity index (χ4n) is 4.22. The number of benzene rings is 2. The Morgan fingerprint density at radius 3 is 2.22 bits per heavy atom. The van der Waals surface area contributed by atoms with Crippen molar-refractivity contribution in [3.8, 4) is 11.3 Å². The van der Waals surface area contributed by atoms with Gasteiger partial charge in [-0.15, -0.1) is 24.8 Å². The molecule has 3 aromatic rings. The Hall–Kier alpha value is -2.51. The van der Waals surface area contributed by atoms with E-state index in [2.05, 4.69) is 0 Å². The van der Waals surface area contributed by atoms with E-state index in [0.29, 0.717) is 40.6 Å². The van der Waals surface area contributed by atoms with Crippen LogP contribution in [0.5, 0.6) is 0 Å². The molecule has 0 bridgehead atoms. The zero-order valence-corrected chi connectivity index (χ0v) is 19.2. The van der Waals surface area contributed by atoms with Gasteiger partial charge in [0.25, 0.3) is 5.56 Å². The summed E-state index contributed by atoms with van der Waals surface area (Å²) in [7, 11) is 0. The predicted octanol–water partition coefficient (Wildman–Crippen LogP) is 3.47. The van der Waals surface area contributed by atoms with Crippen molar-refractivity contribution in [3.63, 3.8) is 0 Å². The molecule has 4 N–H and O–H groups in total. The normalized spacial score (nSPS) is 12.5. The monoisotopic (exact) mass is 475 g/mol. The van der Waals surface area contributed by atoms with Crippen molar-refractivity contribution in [2.45, 2.75) is 38.3 Å². The zero-order valence-electron chi connectivity index (χ0n) is 17.6. The molecule has 170 valence electrons. The minimum absolute atomic E-state index is 0. The molecule has 0 spiro atoms. The van der Waals surface area contributed by atoms with Gasteiger partial charge in [-0.2, -0.15) is 0 Å². The lowest BCUT2D eigenvalue weighted by molar-refractivity contribution is -0.120. The van der Waals surface area contributed by atoms with Gasteiger partial charge in [-0.05, 0) is 25.5 Å². The molecule has 2 aromatic carbocycles. The van der Waals surface area contributed by atoms with Crippen molar-refractivity contribution < 1.29 is 9.59 Å². The third-order valence-corrected chi connectivity index (χ3v) is 5.80. The Morgan fingerprint density at radius 1 is 0.906 bits per heavy atom. The third kappa shape index (κ3) is 4.50. The van der Waals surface area contributed by atoms with E-state index < -0.39 is 6.04 Å². The summed E-state index contributed by atoms with van der Waals surface area (Å²) < 4.78 is 1.58. The molecule has 32 heavy (non-hydrogen) atoms. The number of unbranched alkanes of at least 4 members (excludes halogenated alkanes) is 1. The van der Waals surface area contributed by atoms with E-state index in [9.17, 15) is 14.4 Å². The summed E-state index contributed by atoms with van der Waals surface area (Å²) in [6.45, 7) is 0.768. The van der Waals surface area contributed by atoms with Gasteiger partial charge in [0.15, 0.2) is 11.6 Å². The lowest BCUT2D eigenvalue weighted by Crippen LogP contribution is -2.32. The second kappa shape index (κ2) is 10.9. The van der Waals surface area contributed by atoms with Crippen LogP contribution in [-0.4, -0.2) is 28.7 Å². The number of hydrogen-bond donors (Lipinski definition) is 2. The molecule has 1 aliphatic rings. The number of aromatic nitrogens is 1. The van der Waals surface area contributed by atoms with Crippen LogP contribution in [-0.2, 0) is 11.3 Å². The number of hydrogen-bond acceptors (Lipinski definition) is 5. The lowest BCUT2D eigenvalue weighted by Gasteiger charge is -2.16. The molecule has 1 atom stereocenters. The fourth-order valence-corrected chi connectivity index (χ4v) is 4.22. The Bertz CT molecular complexity index is 1210. The first-order valence-corrected chi connectivity index (χ1v) is 10.3. The largest absolute Gasteiger partial charge is 0.330 e. The van der Waals surface area contributed by atoms with Gasteiger partial charge in [-0.3, -0.25) is 14.4 Å². The van der Waals surface area contributed by atoms with Crippen LogP contribution in [0.1, 0.15) is 41.6 Å². The van der Waals surface area contributed by atoms with Gasteiger partial charge in [-0.1, -0.05) is 48.9 Å². The maximum Gasteiger partial charge on any atom is 0.258 e. The number of fused-ring (bicyclic) bond motifs is 5. The van der Waals surface area contributed by atoms with Crippen LogP contribution in [0, 0.1) is 0 Å². The number of ketones is 2. The molecular weight excluding hydrogens is 449 g/mol. The smallest absolute Gasteiger partial charge is 0.258 e.